The van der Waals surface area contributed by atoms with E-state index in [2.05, 4.69) is 4.98 Å². The van der Waals surface area contributed by atoms with Crippen molar-refractivity contribution in [3.63, 3.8) is 0 Å². The number of rotatable bonds is 4. The number of amides is 1. The Balaban J connectivity index is 2.93. The van der Waals surface area contributed by atoms with Crippen molar-refractivity contribution in [1.29, 1.82) is 0 Å². The van der Waals surface area contributed by atoms with E-state index in [1.165, 1.54) is 23.4 Å². The fourth-order valence-electron chi connectivity index (χ4n) is 1.26. The van der Waals surface area contributed by atoms with Crippen molar-refractivity contribution in [2.45, 2.75) is 6.92 Å². The Labute approximate surface area is 92.9 Å². The number of carbonyl (C=O) groups excluding carboxylic acids is 1. The second kappa shape index (κ2) is 5.56. The van der Waals surface area contributed by atoms with Gasteiger partial charge in [0.25, 0.3) is 5.91 Å². The molecule has 0 aliphatic rings. The molecule has 15 heavy (non-hydrogen) atoms. The molecule has 1 heterocycles. The van der Waals surface area contributed by atoms with E-state index in [0.717, 1.165) is 0 Å². The Kier molecular flexibility index (Phi) is 4.37. The molecule has 0 spiro atoms. The average Bonchev–Trinajstić information content (AvgIpc) is 2.25. The smallest absolute Gasteiger partial charge is 0.259 e. The average molecular weight is 229 g/mol. The molecule has 0 bridgehead atoms. The lowest BCUT2D eigenvalue weighted by atomic mass is 10.2. The summed E-state index contributed by atoms with van der Waals surface area (Å²) >= 11 is 5.57. The number of hydrogen-bond donors (Lipinski definition) is 1. The van der Waals surface area contributed by atoms with E-state index in [9.17, 15) is 9.59 Å². The molecule has 0 radical (unpaired) electrons. The number of hydrogen-bond acceptors (Lipinski definition) is 2. The molecule has 0 aliphatic carbocycles. The SMILES string of the molecule is CCN(CCCl)C(=O)c1c[nH]ccc1=O. The van der Waals surface area contributed by atoms with E-state index in [-0.39, 0.29) is 16.9 Å². The number of aromatic nitrogens is 1. The van der Waals surface area contributed by atoms with E-state index < -0.39 is 0 Å². The quantitative estimate of drug-likeness (QED) is 0.784. The van der Waals surface area contributed by atoms with Gasteiger partial charge in [-0.3, -0.25) is 9.59 Å². The minimum atomic E-state index is -0.278. The third-order valence-electron chi connectivity index (χ3n) is 2.08. The predicted molar refractivity (Wildman–Crippen MR) is 59.4 cm³/mol. The first kappa shape index (κ1) is 11.8. The highest BCUT2D eigenvalue weighted by atomic mass is 35.5. The number of carbonyl (C=O) groups is 1. The van der Waals surface area contributed by atoms with Gasteiger partial charge in [0, 0.05) is 37.4 Å². The number of halogens is 1. The van der Waals surface area contributed by atoms with Gasteiger partial charge in [0.05, 0.1) is 0 Å². The zero-order valence-electron chi connectivity index (χ0n) is 8.50. The molecule has 1 rings (SSSR count). The lowest BCUT2D eigenvalue weighted by Gasteiger charge is -2.18. The largest absolute Gasteiger partial charge is 0.367 e. The van der Waals surface area contributed by atoms with Crippen molar-refractivity contribution < 1.29 is 4.79 Å². The van der Waals surface area contributed by atoms with Gasteiger partial charge >= 0.3 is 0 Å². The molecule has 0 saturated carbocycles. The van der Waals surface area contributed by atoms with Crippen molar-refractivity contribution in [3.8, 4) is 0 Å². The van der Waals surface area contributed by atoms with Crippen LogP contribution in [0.25, 0.3) is 0 Å². The summed E-state index contributed by atoms with van der Waals surface area (Å²) in [5.74, 6) is 0.0876. The number of nitrogens with one attached hydrogen (secondary N) is 1. The molecule has 1 amide bonds. The Morgan fingerprint density at radius 1 is 1.60 bits per heavy atom. The van der Waals surface area contributed by atoms with Crippen molar-refractivity contribution in [1.82, 2.24) is 9.88 Å². The van der Waals surface area contributed by atoms with Crippen LogP contribution < -0.4 is 5.43 Å². The van der Waals surface area contributed by atoms with Crippen molar-refractivity contribution in [2.24, 2.45) is 0 Å². The zero-order chi connectivity index (χ0) is 11.3. The molecular weight excluding hydrogens is 216 g/mol. The summed E-state index contributed by atoms with van der Waals surface area (Å²) in [4.78, 5) is 27.5. The van der Waals surface area contributed by atoms with E-state index in [1.54, 1.807) is 0 Å². The molecule has 1 aromatic rings. The first-order valence-electron chi connectivity index (χ1n) is 4.73. The second-order valence-corrected chi connectivity index (χ2v) is 3.37. The maximum absolute atomic E-state index is 11.8. The third-order valence-corrected chi connectivity index (χ3v) is 2.25. The number of aromatic amines is 1. The van der Waals surface area contributed by atoms with Gasteiger partial charge in [-0.1, -0.05) is 0 Å². The second-order valence-electron chi connectivity index (χ2n) is 3.00. The van der Waals surface area contributed by atoms with Crippen LogP contribution in [-0.2, 0) is 0 Å². The van der Waals surface area contributed by atoms with E-state index in [4.69, 9.17) is 11.6 Å². The third kappa shape index (κ3) is 2.83. The molecule has 0 aliphatic heterocycles. The standard InChI is InChI=1S/C10H13ClN2O2/c1-2-13(6-4-11)10(15)8-7-12-5-3-9(8)14/h3,5,7H,2,4,6H2,1H3,(H,12,14). The molecule has 4 nitrogen and oxygen atoms in total. The Bertz CT molecular complexity index is 389. The topological polar surface area (TPSA) is 53.2 Å². The Morgan fingerprint density at radius 2 is 2.33 bits per heavy atom. The van der Waals surface area contributed by atoms with Crippen LogP contribution in [0.15, 0.2) is 23.3 Å². The lowest BCUT2D eigenvalue weighted by Crippen LogP contribution is -2.35. The molecule has 5 heteroatoms. The summed E-state index contributed by atoms with van der Waals surface area (Å²) in [6, 6.07) is 1.34. The molecule has 1 aromatic heterocycles. The Hall–Kier alpha value is -1.29. The van der Waals surface area contributed by atoms with Gasteiger partial charge in [-0.2, -0.15) is 0 Å². The minimum absolute atomic E-state index is 0.157. The highest BCUT2D eigenvalue weighted by Crippen LogP contribution is 1.99. The van der Waals surface area contributed by atoms with E-state index in [1.807, 2.05) is 6.92 Å². The number of H-pyrrole nitrogens is 1. The minimum Gasteiger partial charge on any atom is -0.367 e. The van der Waals surface area contributed by atoms with Crippen LogP contribution in [0.5, 0.6) is 0 Å². The lowest BCUT2D eigenvalue weighted by molar-refractivity contribution is 0.0772. The highest BCUT2D eigenvalue weighted by molar-refractivity contribution is 6.18. The highest BCUT2D eigenvalue weighted by Gasteiger charge is 2.15. The van der Waals surface area contributed by atoms with Crippen molar-refractivity contribution >= 4 is 17.5 Å². The number of pyridine rings is 1. The fourth-order valence-corrected chi connectivity index (χ4v) is 1.46. The van der Waals surface area contributed by atoms with Crippen molar-refractivity contribution in [2.75, 3.05) is 19.0 Å². The van der Waals surface area contributed by atoms with Crippen LogP contribution in [-0.4, -0.2) is 34.8 Å². The predicted octanol–water partition coefficient (Wildman–Crippen LogP) is 1.08. The first-order chi connectivity index (χ1) is 7.20. The molecule has 82 valence electrons. The van der Waals surface area contributed by atoms with Crippen molar-refractivity contribution in [3.05, 3.63) is 34.2 Å². The summed E-state index contributed by atoms with van der Waals surface area (Å²) in [7, 11) is 0. The maximum atomic E-state index is 11.8. The summed E-state index contributed by atoms with van der Waals surface area (Å²) in [6.45, 7) is 2.84. The molecule has 0 saturated heterocycles. The van der Waals surface area contributed by atoms with Gasteiger partial charge in [-0.05, 0) is 6.92 Å². The van der Waals surface area contributed by atoms with Gasteiger partial charge in [-0.25, -0.2) is 0 Å². The van der Waals surface area contributed by atoms with E-state index in [0.29, 0.717) is 19.0 Å². The molecule has 0 atom stereocenters. The van der Waals surface area contributed by atoms with Crippen LogP contribution in [0.4, 0.5) is 0 Å². The molecule has 0 aromatic carbocycles. The molecule has 1 N–H and O–H groups in total. The normalized spacial score (nSPS) is 10.0. The van der Waals surface area contributed by atoms with Gasteiger partial charge in [0.2, 0.25) is 0 Å². The molecule has 0 unspecified atom stereocenters. The first-order valence-corrected chi connectivity index (χ1v) is 5.26. The molecule has 0 fully saturated rings. The van der Waals surface area contributed by atoms with Crippen LogP contribution in [0.2, 0.25) is 0 Å². The summed E-state index contributed by atoms with van der Waals surface area (Å²) in [6.07, 6.45) is 2.92. The van der Waals surface area contributed by atoms with Gasteiger partial charge < -0.3 is 9.88 Å². The number of alkyl halides is 1. The van der Waals surface area contributed by atoms with Gasteiger partial charge in [0.15, 0.2) is 5.43 Å². The fraction of sp³-hybridized carbons (Fsp3) is 0.400. The van der Waals surface area contributed by atoms with E-state index >= 15 is 0 Å². The van der Waals surface area contributed by atoms with Crippen LogP contribution >= 0.6 is 11.6 Å². The van der Waals surface area contributed by atoms with Crippen LogP contribution in [0.3, 0.4) is 0 Å². The monoisotopic (exact) mass is 228 g/mol. The molecular formula is C10H13ClN2O2. The van der Waals surface area contributed by atoms with Crippen LogP contribution in [0.1, 0.15) is 17.3 Å². The van der Waals surface area contributed by atoms with Gasteiger partial charge in [0.1, 0.15) is 5.56 Å². The summed E-state index contributed by atoms with van der Waals surface area (Å²) in [5, 5.41) is 0. The van der Waals surface area contributed by atoms with Crippen LogP contribution in [0, 0.1) is 0 Å². The Morgan fingerprint density at radius 3 is 2.87 bits per heavy atom. The summed E-state index contributed by atoms with van der Waals surface area (Å²) in [5.41, 5.74) is -0.115. The summed E-state index contributed by atoms with van der Waals surface area (Å²) < 4.78 is 0. The zero-order valence-corrected chi connectivity index (χ0v) is 9.25. The number of nitrogens with zero attached hydrogens (tertiary/aromatic N) is 1. The maximum Gasteiger partial charge on any atom is 0.259 e. The van der Waals surface area contributed by atoms with Gasteiger partial charge in [-0.15, -0.1) is 11.6 Å².